The molecular formula is C23H30ClN3O3. The summed E-state index contributed by atoms with van der Waals surface area (Å²) in [6.45, 7) is 6.00. The van der Waals surface area contributed by atoms with Gasteiger partial charge in [-0.2, -0.15) is 0 Å². The molecule has 30 heavy (non-hydrogen) atoms. The Balaban J connectivity index is 0.00000320. The maximum atomic E-state index is 12.7. The van der Waals surface area contributed by atoms with Crippen molar-refractivity contribution in [3.05, 3.63) is 59.7 Å². The van der Waals surface area contributed by atoms with Crippen LogP contribution in [0.1, 0.15) is 25.0 Å². The average Bonchev–Trinajstić information content (AvgIpc) is 2.75. The molecule has 162 valence electrons. The van der Waals surface area contributed by atoms with Crippen molar-refractivity contribution in [3.63, 3.8) is 0 Å². The number of benzene rings is 2. The number of anilines is 1. The Morgan fingerprint density at radius 1 is 0.933 bits per heavy atom. The van der Waals surface area contributed by atoms with Crippen molar-refractivity contribution in [2.75, 3.05) is 31.9 Å². The fourth-order valence-electron chi connectivity index (χ4n) is 3.41. The zero-order chi connectivity index (χ0) is 20.8. The van der Waals surface area contributed by atoms with E-state index in [1.807, 2.05) is 41.3 Å². The fourth-order valence-corrected chi connectivity index (χ4v) is 3.41. The standard InChI is InChI=1S/C23H29N3O3.ClH/c1-3-18-6-10-21(11-7-18)29-17(2)23(28)26-14-12-25(13-15-26)22(27)16-19-4-8-20(24)9-5-19;/h4-11,17H,3,12-16,24H2,1-2H3;1H. The number of nitrogens with zero attached hydrogens (tertiary/aromatic N) is 2. The van der Waals surface area contributed by atoms with Gasteiger partial charge < -0.3 is 20.3 Å². The molecule has 1 heterocycles. The van der Waals surface area contributed by atoms with Crippen LogP contribution in [-0.4, -0.2) is 53.9 Å². The Bertz CT molecular complexity index is 832. The first kappa shape index (κ1) is 23.5. The van der Waals surface area contributed by atoms with E-state index in [9.17, 15) is 9.59 Å². The highest BCUT2D eigenvalue weighted by molar-refractivity contribution is 5.85. The largest absolute Gasteiger partial charge is 0.481 e. The lowest BCUT2D eigenvalue weighted by molar-refractivity contribution is -0.143. The van der Waals surface area contributed by atoms with Gasteiger partial charge in [0.2, 0.25) is 5.91 Å². The molecule has 0 bridgehead atoms. The number of ether oxygens (including phenoxy) is 1. The molecule has 2 aromatic rings. The third-order valence-corrected chi connectivity index (χ3v) is 5.27. The highest BCUT2D eigenvalue weighted by Crippen LogP contribution is 2.16. The van der Waals surface area contributed by atoms with E-state index in [2.05, 4.69) is 6.92 Å². The van der Waals surface area contributed by atoms with Gasteiger partial charge in [-0.05, 0) is 48.7 Å². The van der Waals surface area contributed by atoms with Gasteiger partial charge in [0, 0.05) is 31.9 Å². The Morgan fingerprint density at radius 2 is 1.47 bits per heavy atom. The predicted molar refractivity (Wildman–Crippen MR) is 121 cm³/mol. The smallest absolute Gasteiger partial charge is 0.263 e. The van der Waals surface area contributed by atoms with Crippen molar-refractivity contribution < 1.29 is 14.3 Å². The van der Waals surface area contributed by atoms with Crippen LogP contribution in [0.4, 0.5) is 5.69 Å². The molecule has 0 spiro atoms. The molecule has 1 aliphatic rings. The first-order valence-electron chi connectivity index (χ1n) is 10.1. The van der Waals surface area contributed by atoms with Crippen molar-refractivity contribution >= 4 is 29.9 Å². The Hall–Kier alpha value is -2.73. The van der Waals surface area contributed by atoms with E-state index < -0.39 is 6.10 Å². The normalized spacial score (nSPS) is 14.6. The third-order valence-electron chi connectivity index (χ3n) is 5.27. The summed E-state index contributed by atoms with van der Waals surface area (Å²) in [7, 11) is 0. The van der Waals surface area contributed by atoms with Crippen molar-refractivity contribution in [2.45, 2.75) is 32.8 Å². The van der Waals surface area contributed by atoms with Gasteiger partial charge in [0.15, 0.2) is 6.10 Å². The molecule has 1 aliphatic heterocycles. The van der Waals surface area contributed by atoms with Crippen LogP contribution in [0, 0.1) is 0 Å². The number of carbonyl (C=O) groups excluding carboxylic acids is 2. The van der Waals surface area contributed by atoms with E-state index in [4.69, 9.17) is 10.5 Å². The SMILES string of the molecule is CCc1ccc(OC(C)C(=O)N2CCN(C(=O)Cc3ccc(N)cc3)CC2)cc1.Cl. The third kappa shape index (κ3) is 6.13. The summed E-state index contributed by atoms with van der Waals surface area (Å²) in [5.74, 6) is 0.720. The second-order valence-corrected chi connectivity index (χ2v) is 7.38. The van der Waals surface area contributed by atoms with Crippen LogP contribution in [0.15, 0.2) is 48.5 Å². The monoisotopic (exact) mass is 431 g/mol. The van der Waals surface area contributed by atoms with Crippen LogP contribution in [0.5, 0.6) is 5.75 Å². The van der Waals surface area contributed by atoms with Crippen LogP contribution in [-0.2, 0) is 22.4 Å². The number of piperazine rings is 1. The second-order valence-electron chi connectivity index (χ2n) is 7.38. The first-order chi connectivity index (χ1) is 14.0. The molecule has 2 N–H and O–H groups in total. The molecular weight excluding hydrogens is 402 g/mol. The van der Waals surface area contributed by atoms with Crippen molar-refractivity contribution in [1.29, 1.82) is 0 Å². The van der Waals surface area contributed by atoms with E-state index >= 15 is 0 Å². The number of carbonyl (C=O) groups is 2. The highest BCUT2D eigenvalue weighted by Gasteiger charge is 2.27. The number of hydrogen-bond donors (Lipinski definition) is 1. The van der Waals surface area contributed by atoms with Gasteiger partial charge in [0.25, 0.3) is 5.91 Å². The maximum absolute atomic E-state index is 12.7. The maximum Gasteiger partial charge on any atom is 0.263 e. The van der Waals surface area contributed by atoms with E-state index in [0.717, 1.165) is 12.0 Å². The van der Waals surface area contributed by atoms with Gasteiger partial charge in [-0.1, -0.05) is 31.2 Å². The lowest BCUT2D eigenvalue weighted by atomic mass is 10.1. The molecule has 2 aromatic carbocycles. The molecule has 0 saturated carbocycles. The van der Waals surface area contributed by atoms with Crippen LogP contribution in [0.2, 0.25) is 0 Å². The number of nitrogens with two attached hydrogens (primary N) is 1. The second kappa shape index (κ2) is 10.9. The molecule has 1 fully saturated rings. The van der Waals surface area contributed by atoms with Gasteiger partial charge in [-0.25, -0.2) is 0 Å². The Kier molecular flexibility index (Phi) is 8.54. The van der Waals surface area contributed by atoms with Gasteiger partial charge in [0.1, 0.15) is 5.75 Å². The number of rotatable bonds is 6. The Morgan fingerprint density at radius 3 is 2.03 bits per heavy atom. The number of aryl methyl sites for hydroxylation is 1. The zero-order valence-corrected chi connectivity index (χ0v) is 18.4. The summed E-state index contributed by atoms with van der Waals surface area (Å²) in [4.78, 5) is 28.8. The number of halogens is 1. The van der Waals surface area contributed by atoms with Crippen LogP contribution < -0.4 is 10.5 Å². The Labute approximate surface area is 184 Å². The van der Waals surface area contributed by atoms with E-state index in [1.54, 1.807) is 24.0 Å². The van der Waals surface area contributed by atoms with Crippen LogP contribution in [0.25, 0.3) is 0 Å². The molecule has 2 amide bonds. The molecule has 6 nitrogen and oxygen atoms in total. The molecule has 3 rings (SSSR count). The molecule has 1 atom stereocenters. The summed E-state index contributed by atoms with van der Waals surface area (Å²) >= 11 is 0. The quantitative estimate of drug-likeness (QED) is 0.713. The first-order valence-corrected chi connectivity index (χ1v) is 10.1. The molecule has 1 saturated heterocycles. The fraction of sp³-hybridized carbons (Fsp3) is 0.391. The summed E-state index contributed by atoms with van der Waals surface area (Å²) < 4.78 is 5.81. The molecule has 0 aliphatic carbocycles. The summed E-state index contributed by atoms with van der Waals surface area (Å²) in [6.07, 6.45) is 0.761. The number of nitrogen functional groups attached to an aromatic ring is 1. The average molecular weight is 432 g/mol. The van der Waals surface area contributed by atoms with E-state index in [0.29, 0.717) is 44.0 Å². The molecule has 7 heteroatoms. The number of hydrogen-bond acceptors (Lipinski definition) is 4. The van der Waals surface area contributed by atoms with Gasteiger partial charge in [-0.3, -0.25) is 9.59 Å². The summed E-state index contributed by atoms with van der Waals surface area (Å²) in [5.41, 5.74) is 8.55. The van der Waals surface area contributed by atoms with Gasteiger partial charge in [0.05, 0.1) is 6.42 Å². The van der Waals surface area contributed by atoms with E-state index in [-0.39, 0.29) is 24.2 Å². The van der Waals surface area contributed by atoms with Crippen LogP contribution >= 0.6 is 12.4 Å². The highest BCUT2D eigenvalue weighted by atomic mass is 35.5. The molecule has 1 unspecified atom stereocenters. The van der Waals surface area contributed by atoms with Crippen molar-refractivity contribution in [2.24, 2.45) is 0 Å². The summed E-state index contributed by atoms with van der Waals surface area (Å²) in [6, 6.07) is 15.2. The van der Waals surface area contributed by atoms with Gasteiger partial charge >= 0.3 is 0 Å². The lowest BCUT2D eigenvalue weighted by Crippen LogP contribution is -2.53. The van der Waals surface area contributed by atoms with Crippen LogP contribution in [0.3, 0.4) is 0 Å². The predicted octanol–water partition coefficient (Wildman–Crippen LogP) is 2.93. The van der Waals surface area contributed by atoms with E-state index in [1.165, 1.54) is 5.56 Å². The minimum absolute atomic E-state index is 0. The minimum Gasteiger partial charge on any atom is -0.481 e. The van der Waals surface area contributed by atoms with Gasteiger partial charge in [-0.15, -0.1) is 12.4 Å². The van der Waals surface area contributed by atoms with Crippen molar-refractivity contribution in [1.82, 2.24) is 9.80 Å². The number of amides is 2. The minimum atomic E-state index is -0.556. The van der Waals surface area contributed by atoms with Crippen molar-refractivity contribution in [3.8, 4) is 5.75 Å². The molecule has 0 aromatic heterocycles. The molecule has 0 radical (unpaired) electrons. The zero-order valence-electron chi connectivity index (χ0n) is 17.5. The summed E-state index contributed by atoms with van der Waals surface area (Å²) in [5, 5.41) is 0. The lowest BCUT2D eigenvalue weighted by Gasteiger charge is -2.36. The topological polar surface area (TPSA) is 75.9 Å².